The van der Waals surface area contributed by atoms with Gasteiger partial charge < -0.3 is 5.11 Å². The van der Waals surface area contributed by atoms with E-state index < -0.39 is 11.8 Å². The predicted octanol–water partition coefficient (Wildman–Crippen LogP) is 2.85. The summed E-state index contributed by atoms with van der Waals surface area (Å²) in [6, 6.07) is 5.99. The third-order valence-corrected chi connectivity index (χ3v) is 2.77. The molecule has 0 aliphatic carbocycles. The number of hydrogen-bond acceptors (Lipinski definition) is 3. The zero-order valence-electron chi connectivity index (χ0n) is 10.6. The van der Waals surface area contributed by atoms with Crippen molar-refractivity contribution in [3.05, 3.63) is 47.2 Å². The molecule has 4 nitrogen and oxygen atoms in total. The number of hydrogen-bond donors (Lipinski definition) is 1. The van der Waals surface area contributed by atoms with Crippen molar-refractivity contribution in [1.82, 2.24) is 9.97 Å². The number of carbonyl (C=O) groups is 1. The summed E-state index contributed by atoms with van der Waals surface area (Å²) >= 11 is 0. The molecule has 19 heavy (non-hydrogen) atoms. The van der Waals surface area contributed by atoms with Crippen LogP contribution in [0.2, 0.25) is 0 Å². The molecule has 0 spiro atoms. The van der Waals surface area contributed by atoms with Crippen LogP contribution in [0, 0.1) is 12.7 Å². The van der Waals surface area contributed by atoms with E-state index in [0.29, 0.717) is 17.9 Å². The van der Waals surface area contributed by atoms with Gasteiger partial charge in [0.05, 0.1) is 11.4 Å². The van der Waals surface area contributed by atoms with Crippen molar-refractivity contribution in [3.8, 4) is 11.3 Å². The van der Waals surface area contributed by atoms with Gasteiger partial charge in [-0.15, -0.1) is 0 Å². The molecular weight excluding hydrogens is 247 g/mol. The molecule has 98 valence electrons. The topological polar surface area (TPSA) is 63.1 Å². The number of benzene rings is 1. The van der Waals surface area contributed by atoms with Gasteiger partial charge in [0, 0.05) is 5.56 Å². The predicted molar refractivity (Wildman–Crippen MR) is 68.5 cm³/mol. The second-order valence-corrected chi connectivity index (χ2v) is 4.08. The van der Waals surface area contributed by atoms with E-state index in [9.17, 15) is 14.3 Å². The summed E-state index contributed by atoms with van der Waals surface area (Å²) in [5.74, 6) is -1.21. The summed E-state index contributed by atoms with van der Waals surface area (Å²) < 4.78 is 13.8. The molecule has 0 fully saturated rings. The minimum absolute atomic E-state index is 0.0294. The van der Waals surface area contributed by atoms with Gasteiger partial charge >= 0.3 is 5.97 Å². The summed E-state index contributed by atoms with van der Waals surface area (Å²) in [6.07, 6.45) is 0.451. The smallest absolute Gasteiger partial charge is 0.339 e. The number of carboxylic acid groups (broad SMARTS) is 1. The number of aromatic nitrogens is 2. The molecule has 2 rings (SSSR count). The van der Waals surface area contributed by atoms with Gasteiger partial charge in [-0.2, -0.15) is 0 Å². The Hall–Kier alpha value is -2.30. The first-order valence-corrected chi connectivity index (χ1v) is 5.90. The maximum absolute atomic E-state index is 13.8. The lowest BCUT2D eigenvalue weighted by molar-refractivity contribution is 0.0695. The van der Waals surface area contributed by atoms with Crippen molar-refractivity contribution in [2.75, 3.05) is 0 Å². The third kappa shape index (κ3) is 2.45. The van der Waals surface area contributed by atoms with Crippen LogP contribution in [0.4, 0.5) is 4.39 Å². The lowest BCUT2D eigenvalue weighted by atomic mass is 10.0. The third-order valence-electron chi connectivity index (χ3n) is 2.77. The van der Waals surface area contributed by atoms with Gasteiger partial charge in [0.2, 0.25) is 0 Å². The molecule has 0 amide bonds. The molecular formula is C14H13FN2O2. The van der Waals surface area contributed by atoms with Crippen LogP contribution in [0.25, 0.3) is 11.3 Å². The fourth-order valence-corrected chi connectivity index (χ4v) is 1.96. The largest absolute Gasteiger partial charge is 0.478 e. The Bertz CT molecular complexity index is 641. The fraction of sp³-hybridized carbons (Fsp3) is 0.214. The van der Waals surface area contributed by atoms with E-state index in [1.54, 1.807) is 26.0 Å². The van der Waals surface area contributed by atoms with Crippen molar-refractivity contribution >= 4 is 5.97 Å². The lowest BCUT2D eigenvalue weighted by Crippen LogP contribution is -2.11. The number of aryl methyl sites for hydroxylation is 2. The van der Waals surface area contributed by atoms with Crippen molar-refractivity contribution in [1.29, 1.82) is 0 Å². The zero-order valence-corrected chi connectivity index (χ0v) is 10.6. The molecule has 1 N–H and O–H groups in total. The van der Waals surface area contributed by atoms with Gasteiger partial charge in [0.25, 0.3) is 0 Å². The van der Waals surface area contributed by atoms with Gasteiger partial charge in [0.1, 0.15) is 17.2 Å². The van der Waals surface area contributed by atoms with E-state index in [1.165, 1.54) is 12.1 Å². The average Bonchev–Trinajstić information content (AvgIpc) is 2.37. The molecule has 0 atom stereocenters. The number of carboxylic acids is 1. The molecule has 0 radical (unpaired) electrons. The molecule has 0 unspecified atom stereocenters. The number of aromatic carboxylic acids is 1. The van der Waals surface area contributed by atoms with Gasteiger partial charge in [-0.05, 0) is 25.5 Å². The first-order valence-electron chi connectivity index (χ1n) is 5.90. The highest BCUT2D eigenvalue weighted by molar-refractivity contribution is 5.96. The Morgan fingerprint density at radius 3 is 2.58 bits per heavy atom. The van der Waals surface area contributed by atoms with Crippen LogP contribution in [-0.4, -0.2) is 21.0 Å². The fourth-order valence-electron chi connectivity index (χ4n) is 1.96. The summed E-state index contributed by atoms with van der Waals surface area (Å²) in [6.45, 7) is 3.47. The summed E-state index contributed by atoms with van der Waals surface area (Å²) in [5, 5.41) is 9.32. The molecule has 0 saturated carbocycles. The second kappa shape index (κ2) is 5.14. The maximum atomic E-state index is 13.8. The summed E-state index contributed by atoms with van der Waals surface area (Å²) in [5.41, 5.74) is 0.700. The van der Waals surface area contributed by atoms with Crippen molar-refractivity contribution < 1.29 is 14.3 Å². The van der Waals surface area contributed by atoms with Crippen molar-refractivity contribution in [2.45, 2.75) is 20.3 Å². The lowest BCUT2D eigenvalue weighted by Gasteiger charge is -2.11. The minimum Gasteiger partial charge on any atom is -0.478 e. The van der Waals surface area contributed by atoms with E-state index >= 15 is 0 Å². The van der Waals surface area contributed by atoms with Crippen LogP contribution in [0.1, 0.15) is 28.8 Å². The molecule has 0 aliphatic heterocycles. The van der Waals surface area contributed by atoms with Crippen molar-refractivity contribution in [2.24, 2.45) is 0 Å². The maximum Gasteiger partial charge on any atom is 0.339 e. The van der Waals surface area contributed by atoms with Gasteiger partial charge in [-0.3, -0.25) is 0 Å². The van der Waals surface area contributed by atoms with Crippen LogP contribution >= 0.6 is 0 Å². The molecule has 0 saturated heterocycles. The molecule has 1 heterocycles. The van der Waals surface area contributed by atoms with Gasteiger partial charge in [-0.1, -0.05) is 19.1 Å². The number of rotatable bonds is 3. The highest BCUT2D eigenvalue weighted by Crippen LogP contribution is 2.26. The SMILES string of the molecule is CCc1nc(C)nc(-c2ccccc2F)c1C(=O)O. The van der Waals surface area contributed by atoms with Crippen LogP contribution in [0.15, 0.2) is 24.3 Å². The molecule has 2 aromatic rings. The monoisotopic (exact) mass is 260 g/mol. The van der Waals surface area contributed by atoms with Gasteiger partial charge in [0.15, 0.2) is 0 Å². The zero-order chi connectivity index (χ0) is 14.0. The molecule has 1 aromatic carbocycles. The molecule has 1 aromatic heterocycles. The first kappa shape index (κ1) is 13.1. The van der Waals surface area contributed by atoms with E-state index in [4.69, 9.17) is 0 Å². The molecule has 5 heteroatoms. The number of nitrogens with zero attached hydrogens (tertiary/aromatic N) is 2. The average molecular weight is 260 g/mol. The Morgan fingerprint density at radius 1 is 1.32 bits per heavy atom. The number of halogens is 1. The normalized spacial score (nSPS) is 10.5. The van der Waals surface area contributed by atoms with E-state index in [-0.39, 0.29) is 16.8 Å². The highest BCUT2D eigenvalue weighted by atomic mass is 19.1. The highest BCUT2D eigenvalue weighted by Gasteiger charge is 2.21. The Balaban J connectivity index is 2.79. The van der Waals surface area contributed by atoms with E-state index in [2.05, 4.69) is 9.97 Å². The first-order chi connectivity index (χ1) is 9.04. The quantitative estimate of drug-likeness (QED) is 0.921. The standard InChI is InChI=1S/C14H13FN2O2/c1-3-11-12(14(18)19)13(17-8(2)16-11)9-6-4-5-7-10(9)15/h4-7H,3H2,1-2H3,(H,18,19). The summed E-state index contributed by atoms with van der Waals surface area (Å²) in [7, 11) is 0. The Kier molecular flexibility index (Phi) is 3.55. The van der Waals surface area contributed by atoms with Gasteiger partial charge in [-0.25, -0.2) is 19.2 Å². The van der Waals surface area contributed by atoms with E-state index in [1.807, 2.05) is 0 Å². The molecule has 0 bridgehead atoms. The Morgan fingerprint density at radius 2 is 2.00 bits per heavy atom. The van der Waals surface area contributed by atoms with Crippen LogP contribution in [0.3, 0.4) is 0 Å². The summed E-state index contributed by atoms with van der Waals surface area (Å²) in [4.78, 5) is 19.6. The van der Waals surface area contributed by atoms with Crippen LogP contribution < -0.4 is 0 Å². The molecule has 0 aliphatic rings. The van der Waals surface area contributed by atoms with E-state index in [0.717, 1.165) is 0 Å². The second-order valence-electron chi connectivity index (χ2n) is 4.08. The van der Waals surface area contributed by atoms with Crippen LogP contribution in [-0.2, 0) is 6.42 Å². The Labute approximate surface area is 110 Å². The minimum atomic E-state index is -1.14. The van der Waals surface area contributed by atoms with Crippen molar-refractivity contribution in [3.63, 3.8) is 0 Å². The van der Waals surface area contributed by atoms with Crippen LogP contribution in [0.5, 0.6) is 0 Å².